The number of amides is 1. The molecule has 1 aliphatic rings. The van der Waals surface area contributed by atoms with Gasteiger partial charge in [0, 0.05) is 25.2 Å². The number of sulfonamides is 1. The van der Waals surface area contributed by atoms with Gasteiger partial charge in [0.15, 0.2) is 0 Å². The maximum atomic E-state index is 12.9. The zero-order valence-electron chi connectivity index (χ0n) is 14.4. The third-order valence-corrected chi connectivity index (χ3v) is 5.96. The molecule has 1 saturated heterocycles. The molecular formula is C17H26N2O4S. The minimum atomic E-state index is -3.61. The van der Waals surface area contributed by atoms with E-state index in [0.717, 1.165) is 6.42 Å². The summed E-state index contributed by atoms with van der Waals surface area (Å²) in [7, 11) is -3.61. The quantitative estimate of drug-likeness (QED) is 0.838. The van der Waals surface area contributed by atoms with Crippen LogP contribution >= 0.6 is 0 Å². The van der Waals surface area contributed by atoms with E-state index in [4.69, 9.17) is 0 Å². The zero-order chi connectivity index (χ0) is 17.9. The Kier molecular flexibility index (Phi) is 6.01. The summed E-state index contributed by atoms with van der Waals surface area (Å²) in [6, 6.07) is 6.06. The Labute approximate surface area is 143 Å². The van der Waals surface area contributed by atoms with Crippen molar-refractivity contribution in [3.05, 3.63) is 29.8 Å². The maximum Gasteiger partial charge on any atom is 0.251 e. The van der Waals surface area contributed by atoms with Crippen LogP contribution in [0.4, 0.5) is 0 Å². The lowest BCUT2D eigenvalue weighted by Gasteiger charge is -2.34. The Balaban J connectivity index is 2.22. The molecule has 0 aromatic heterocycles. The summed E-state index contributed by atoms with van der Waals surface area (Å²) >= 11 is 0. The highest BCUT2D eigenvalue weighted by atomic mass is 32.2. The minimum Gasteiger partial charge on any atom is -0.392 e. The molecule has 0 saturated carbocycles. The third-order valence-electron chi connectivity index (χ3n) is 4.13. The Hall–Kier alpha value is -1.44. The highest BCUT2D eigenvalue weighted by Gasteiger charge is 2.31. The molecule has 0 bridgehead atoms. The average molecular weight is 354 g/mol. The molecule has 0 aliphatic carbocycles. The van der Waals surface area contributed by atoms with Crippen molar-refractivity contribution >= 4 is 15.9 Å². The van der Waals surface area contributed by atoms with E-state index in [1.807, 2.05) is 0 Å². The normalized spacial score (nSPS) is 23.7. The molecule has 2 rings (SSSR count). The lowest BCUT2D eigenvalue weighted by atomic mass is 9.94. The largest absolute Gasteiger partial charge is 0.392 e. The van der Waals surface area contributed by atoms with E-state index in [0.29, 0.717) is 24.9 Å². The number of carbonyl (C=O) groups is 1. The van der Waals surface area contributed by atoms with E-state index in [9.17, 15) is 18.3 Å². The molecule has 1 fully saturated rings. The molecule has 1 aromatic carbocycles. The number of hydrogen-bond donors (Lipinski definition) is 2. The van der Waals surface area contributed by atoms with Crippen LogP contribution in [0.1, 0.15) is 37.6 Å². The van der Waals surface area contributed by atoms with Crippen LogP contribution in [0.15, 0.2) is 29.2 Å². The first-order valence-corrected chi connectivity index (χ1v) is 9.70. The van der Waals surface area contributed by atoms with Crippen molar-refractivity contribution in [2.24, 2.45) is 11.8 Å². The van der Waals surface area contributed by atoms with Crippen LogP contribution in [-0.2, 0) is 10.0 Å². The number of carbonyl (C=O) groups excluding carboxylic acids is 1. The van der Waals surface area contributed by atoms with Crippen molar-refractivity contribution in [3.63, 3.8) is 0 Å². The molecule has 1 aliphatic heterocycles. The average Bonchev–Trinajstić information content (AvgIpc) is 2.51. The van der Waals surface area contributed by atoms with Crippen LogP contribution < -0.4 is 5.32 Å². The Morgan fingerprint density at radius 3 is 2.54 bits per heavy atom. The number of benzene rings is 1. The maximum absolute atomic E-state index is 12.9. The fourth-order valence-corrected chi connectivity index (χ4v) is 4.82. The third kappa shape index (κ3) is 4.55. The van der Waals surface area contributed by atoms with Crippen LogP contribution in [0.25, 0.3) is 0 Å². The first kappa shape index (κ1) is 18.9. The second kappa shape index (κ2) is 7.63. The molecule has 1 amide bonds. The topological polar surface area (TPSA) is 86.7 Å². The van der Waals surface area contributed by atoms with Gasteiger partial charge in [-0.25, -0.2) is 8.42 Å². The highest BCUT2D eigenvalue weighted by Crippen LogP contribution is 2.26. The molecule has 24 heavy (non-hydrogen) atoms. The van der Waals surface area contributed by atoms with E-state index in [1.54, 1.807) is 19.1 Å². The highest BCUT2D eigenvalue weighted by molar-refractivity contribution is 7.89. The molecular weight excluding hydrogens is 328 g/mol. The van der Waals surface area contributed by atoms with Crippen LogP contribution in [0.5, 0.6) is 0 Å². The Bertz CT molecular complexity index is 678. The van der Waals surface area contributed by atoms with E-state index in [-0.39, 0.29) is 17.0 Å². The summed E-state index contributed by atoms with van der Waals surface area (Å²) in [5.41, 5.74) is 0.273. The SMILES string of the molecule is CC(O)CNC(=O)c1cccc(S(=O)(=O)N2CC(C)CC(C)C2)c1. The first-order valence-electron chi connectivity index (χ1n) is 8.26. The van der Waals surface area contributed by atoms with Crippen molar-refractivity contribution in [2.45, 2.75) is 38.2 Å². The molecule has 1 aromatic rings. The van der Waals surface area contributed by atoms with Gasteiger partial charge in [-0.3, -0.25) is 4.79 Å². The van der Waals surface area contributed by atoms with E-state index < -0.39 is 22.0 Å². The van der Waals surface area contributed by atoms with Gasteiger partial charge in [-0.1, -0.05) is 19.9 Å². The summed E-state index contributed by atoms with van der Waals surface area (Å²) in [5.74, 6) is 0.246. The van der Waals surface area contributed by atoms with Gasteiger partial charge in [-0.15, -0.1) is 0 Å². The molecule has 6 nitrogen and oxygen atoms in total. The van der Waals surface area contributed by atoms with Crippen LogP contribution in [0, 0.1) is 11.8 Å². The fourth-order valence-electron chi connectivity index (χ4n) is 3.09. The predicted molar refractivity (Wildman–Crippen MR) is 92.2 cm³/mol. The number of rotatable bonds is 5. The van der Waals surface area contributed by atoms with Gasteiger partial charge in [0.05, 0.1) is 11.0 Å². The number of aliphatic hydroxyl groups is 1. The second-order valence-electron chi connectivity index (χ2n) is 6.85. The lowest BCUT2D eigenvalue weighted by molar-refractivity contribution is 0.0924. The molecule has 2 N–H and O–H groups in total. The van der Waals surface area contributed by atoms with Gasteiger partial charge in [0.25, 0.3) is 5.91 Å². The van der Waals surface area contributed by atoms with Gasteiger partial charge >= 0.3 is 0 Å². The Morgan fingerprint density at radius 2 is 1.96 bits per heavy atom. The first-order chi connectivity index (χ1) is 11.2. The van der Waals surface area contributed by atoms with Crippen molar-refractivity contribution in [2.75, 3.05) is 19.6 Å². The summed E-state index contributed by atoms with van der Waals surface area (Å²) in [6.45, 7) is 6.81. The number of hydrogen-bond acceptors (Lipinski definition) is 4. The van der Waals surface area contributed by atoms with Crippen molar-refractivity contribution in [1.82, 2.24) is 9.62 Å². The van der Waals surface area contributed by atoms with Crippen molar-refractivity contribution in [1.29, 1.82) is 0 Å². The predicted octanol–water partition coefficient (Wildman–Crippen LogP) is 1.46. The fraction of sp³-hybridized carbons (Fsp3) is 0.588. The monoisotopic (exact) mass is 354 g/mol. The Morgan fingerprint density at radius 1 is 1.33 bits per heavy atom. The summed E-state index contributed by atoms with van der Waals surface area (Å²) in [5, 5.41) is 11.8. The molecule has 0 radical (unpaired) electrons. The minimum absolute atomic E-state index is 0.122. The van der Waals surface area contributed by atoms with E-state index >= 15 is 0 Å². The van der Waals surface area contributed by atoms with Crippen LogP contribution in [0.2, 0.25) is 0 Å². The van der Waals surface area contributed by atoms with Crippen molar-refractivity contribution < 1.29 is 18.3 Å². The van der Waals surface area contributed by atoms with Crippen LogP contribution in [-0.4, -0.2) is 49.5 Å². The number of nitrogens with zero attached hydrogens (tertiary/aromatic N) is 1. The smallest absolute Gasteiger partial charge is 0.251 e. The van der Waals surface area contributed by atoms with Crippen molar-refractivity contribution in [3.8, 4) is 0 Å². The van der Waals surface area contributed by atoms with Crippen LogP contribution in [0.3, 0.4) is 0 Å². The number of nitrogens with one attached hydrogen (secondary N) is 1. The molecule has 3 unspecified atom stereocenters. The summed E-state index contributed by atoms with van der Waals surface area (Å²) in [6.07, 6.45) is 0.366. The molecule has 1 heterocycles. The van der Waals surface area contributed by atoms with E-state index in [1.165, 1.54) is 16.4 Å². The molecule has 0 spiro atoms. The van der Waals surface area contributed by atoms with Gasteiger partial charge in [0.2, 0.25) is 10.0 Å². The van der Waals surface area contributed by atoms with Gasteiger partial charge in [-0.2, -0.15) is 4.31 Å². The lowest BCUT2D eigenvalue weighted by Crippen LogP contribution is -2.42. The summed E-state index contributed by atoms with van der Waals surface area (Å²) < 4.78 is 27.3. The molecule has 7 heteroatoms. The second-order valence-corrected chi connectivity index (χ2v) is 8.79. The number of piperidine rings is 1. The standard InChI is InChI=1S/C17H26N2O4S/c1-12-7-13(2)11-19(10-12)24(22,23)16-6-4-5-15(8-16)17(21)18-9-14(3)20/h4-6,8,12-14,20H,7,9-11H2,1-3H3,(H,18,21). The molecule has 3 atom stereocenters. The van der Waals surface area contributed by atoms with Gasteiger partial charge in [0.1, 0.15) is 0 Å². The zero-order valence-corrected chi connectivity index (χ0v) is 15.2. The van der Waals surface area contributed by atoms with Gasteiger partial charge in [-0.05, 0) is 43.4 Å². The summed E-state index contributed by atoms with van der Waals surface area (Å²) in [4.78, 5) is 12.2. The number of aliphatic hydroxyl groups excluding tert-OH is 1. The van der Waals surface area contributed by atoms with Gasteiger partial charge < -0.3 is 10.4 Å². The van der Waals surface area contributed by atoms with E-state index in [2.05, 4.69) is 19.2 Å². The molecule has 134 valence electrons.